The van der Waals surface area contributed by atoms with Crippen LogP contribution in [0.1, 0.15) is 28.8 Å². The molecule has 3 nitrogen and oxygen atoms in total. The van der Waals surface area contributed by atoms with E-state index < -0.39 is 0 Å². The number of carbonyl (C=O) groups is 1. The van der Waals surface area contributed by atoms with Crippen LogP contribution in [0.4, 0.5) is 10.1 Å². The van der Waals surface area contributed by atoms with Crippen LogP contribution in [0, 0.1) is 23.1 Å². The number of nitriles is 1. The van der Waals surface area contributed by atoms with Gasteiger partial charge in [-0.2, -0.15) is 5.26 Å². The molecule has 0 aromatic heterocycles. The van der Waals surface area contributed by atoms with Crippen molar-refractivity contribution in [3.05, 3.63) is 64.4 Å². The van der Waals surface area contributed by atoms with Gasteiger partial charge < -0.3 is 4.90 Å². The molecule has 1 aliphatic rings. The van der Waals surface area contributed by atoms with Gasteiger partial charge in [-0.1, -0.05) is 11.6 Å². The fourth-order valence-corrected chi connectivity index (χ4v) is 3.28. The lowest BCUT2D eigenvalue weighted by atomic mass is 9.88. The summed E-state index contributed by atoms with van der Waals surface area (Å²) in [4.78, 5) is 14.6. The molecule has 0 N–H and O–H groups in total. The fourth-order valence-electron chi connectivity index (χ4n) is 3.11. The van der Waals surface area contributed by atoms with Gasteiger partial charge in [0.05, 0.1) is 11.3 Å². The molecule has 0 aliphatic carbocycles. The van der Waals surface area contributed by atoms with E-state index in [1.807, 2.05) is 6.07 Å². The predicted octanol–water partition coefficient (Wildman–Crippen LogP) is 4.45. The normalized spacial score (nSPS) is 15.1. The first-order valence-electron chi connectivity index (χ1n) is 7.83. The molecular weight excluding hydrogens is 327 g/mol. The van der Waals surface area contributed by atoms with Gasteiger partial charge in [0.15, 0.2) is 5.78 Å². The fraction of sp³-hybridized carbons (Fsp3) is 0.263. The van der Waals surface area contributed by atoms with Gasteiger partial charge in [0.2, 0.25) is 0 Å². The topological polar surface area (TPSA) is 44.1 Å². The maximum absolute atomic E-state index is 13.0. The molecule has 0 unspecified atom stereocenters. The number of piperidine rings is 1. The van der Waals surface area contributed by atoms with Crippen molar-refractivity contribution >= 4 is 23.1 Å². The third-order valence-electron chi connectivity index (χ3n) is 4.41. The molecule has 2 aromatic carbocycles. The Labute approximate surface area is 145 Å². The van der Waals surface area contributed by atoms with Crippen LogP contribution in [0.2, 0.25) is 5.02 Å². The Morgan fingerprint density at radius 1 is 1.17 bits per heavy atom. The van der Waals surface area contributed by atoms with Gasteiger partial charge in [-0.15, -0.1) is 0 Å². The Morgan fingerprint density at radius 2 is 1.83 bits per heavy atom. The van der Waals surface area contributed by atoms with Gasteiger partial charge in [-0.25, -0.2) is 4.39 Å². The maximum Gasteiger partial charge on any atom is 0.166 e. The van der Waals surface area contributed by atoms with Gasteiger partial charge in [-0.3, -0.25) is 4.79 Å². The number of carbonyl (C=O) groups excluding carboxylic acids is 1. The largest absolute Gasteiger partial charge is 0.370 e. The SMILES string of the molecule is N#Cc1cc(Cl)ccc1N1CCC(C(=O)c2ccc(F)cc2)CC1. The summed E-state index contributed by atoms with van der Waals surface area (Å²) in [5, 5.41) is 9.80. The summed E-state index contributed by atoms with van der Waals surface area (Å²) in [6.45, 7) is 1.40. The van der Waals surface area contributed by atoms with E-state index in [1.165, 1.54) is 24.3 Å². The lowest BCUT2D eigenvalue weighted by molar-refractivity contribution is 0.0900. The van der Waals surface area contributed by atoms with E-state index in [9.17, 15) is 14.4 Å². The van der Waals surface area contributed by atoms with Crippen LogP contribution in [0.3, 0.4) is 0 Å². The van der Waals surface area contributed by atoms with Gasteiger partial charge >= 0.3 is 0 Å². The molecule has 1 heterocycles. The smallest absolute Gasteiger partial charge is 0.166 e. The van der Waals surface area contributed by atoms with E-state index in [1.54, 1.807) is 12.1 Å². The molecule has 1 fully saturated rings. The Kier molecular flexibility index (Phi) is 4.82. The van der Waals surface area contributed by atoms with Crippen LogP contribution >= 0.6 is 11.6 Å². The summed E-state index contributed by atoms with van der Waals surface area (Å²) in [7, 11) is 0. The first-order chi connectivity index (χ1) is 11.6. The standard InChI is InChI=1S/C19H16ClFN2O/c20-16-3-6-18(15(11-16)12-22)23-9-7-14(8-10-23)19(24)13-1-4-17(21)5-2-13/h1-6,11,14H,7-10H2. The van der Waals surface area contributed by atoms with E-state index >= 15 is 0 Å². The second kappa shape index (κ2) is 7.02. The van der Waals surface area contributed by atoms with E-state index in [2.05, 4.69) is 11.0 Å². The summed E-state index contributed by atoms with van der Waals surface area (Å²) >= 11 is 5.94. The Morgan fingerprint density at radius 3 is 2.46 bits per heavy atom. The predicted molar refractivity (Wildman–Crippen MR) is 91.8 cm³/mol. The van der Waals surface area contributed by atoms with E-state index in [4.69, 9.17) is 11.6 Å². The van der Waals surface area contributed by atoms with Crippen LogP contribution in [-0.2, 0) is 0 Å². The van der Waals surface area contributed by atoms with E-state index in [-0.39, 0.29) is 17.5 Å². The molecule has 24 heavy (non-hydrogen) atoms. The molecule has 0 saturated carbocycles. The minimum Gasteiger partial charge on any atom is -0.370 e. The van der Waals surface area contributed by atoms with Crippen molar-refractivity contribution in [1.82, 2.24) is 0 Å². The zero-order valence-electron chi connectivity index (χ0n) is 13.0. The summed E-state index contributed by atoms with van der Waals surface area (Å²) < 4.78 is 13.0. The number of hydrogen-bond acceptors (Lipinski definition) is 3. The molecule has 1 aliphatic heterocycles. The Hall–Kier alpha value is -2.38. The van der Waals surface area contributed by atoms with Crippen molar-refractivity contribution in [3.63, 3.8) is 0 Å². The Bertz CT molecular complexity index is 790. The monoisotopic (exact) mass is 342 g/mol. The summed E-state index contributed by atoms with van der Waals surface area (Å²) in [5.41, 5.74) is 1.96. The molecule has 0 spiro atoms. The summed E-state index contributed by atoms with van der Waals surface area (Å²) in [6, 6.07) is 13.2. The highest BCUT2D eigenvalue weighted by atomic mass is 35.5. The molecule has 3 rings (SSSR count). The summed E-state index contributed by atoms with van der Waals surface area (Å²) in [6.07, 6.45) is 1.42. The third kappa shape index (κ3) is 3.42. The average molecular weight is 343 g/mol. The number of anilines is 1. The molecule has 0 bridgehead atoms. The van der Waals surface area contributed by atoms with Crippen molar-refractivity contribution in [2.24, 2.45) is 5.92 Å². The van der Waals surface area contributed by atoms with E-state index in [0.29, 0.717) is 42.1 Å². The molecule has 122 valence electrons. The molecule has 5 heteroatoms. The number of benzene rings is 2. The first-order valence-corrected chi connectivity index (χ1v) is 8.20. The van der Waals surface area contributed by atoms with Gasteiger partial charge in [-0.05, 0) is 55.3 Å². The van der Waals surface area contributed by atoms with Gasteiger partial charge in [0.1, 0.15) is 11.9 Å². The highest BCUT2D eigenvalue weighted by Gasteiger charge is 2.26. The first kappa shape index (κ1) is 16.5. The molecule has 0 amide bonds. The molecule has 1 saturated heterocycles. The quantitative estimate of drug-likeness (QED) is 0.774. The molecule has 0 radical (unpaired) electrons. The number of nitrogens with zero attached hydrogens (tertiary/aromatic N) is 2. The summed E-state index contributed by atoms with van der Waals surface area (Å²) in [5.74, 6) is -0.344. The maximum atomic E-state index is 13.0. The van der Waals surface area contributed by atoms with Crippen molar-refractivity contribution in [2.75, 3.05) is 18.0 Å². The van der Waals surface area contributed by atoms with Crippen LogP contribution in [-0.4, -0.2) is 18.9 Å². The van der Waals surface area contributed by atoms with Crippen LogP contribution in [0.25, 0.3) is 0 Å². The molecular formula is C19H16ClFN2O. The number of ketones is 1. The number of halogens is 2. The molecule has 2 aromatic rings. The van der Waals surface area contributed by atoms with Crippen molar-refractivity contribution in [3.8, 4) is 6.07 Å². The zero-order chi connectivity index (χ0) is 17.1. The van der Waals surface area contributed by atoms with Crippen molar-refractivity contribution in [1.29, 1.82) is 5.26 Å². The number of Topliss-reactive ketones (excluding diaryl/α,β-unsaturated/α-hetero) is 1. The van der Waals surface area contributed by atoms with Gasteiger partial charge in [0.25, 0.3) is 0 Å². The minimum atomic E-state index is -0.340. The number of rotatable bonds is 3. The highest BCUT2D eigenvalue weighted by molar-refractivity contribution is 6.30. The number of hydrogen-bond donors (Lipinski definition) is 0. The second-order valence-electron chi connectivity index (χ2n) is 5.91. The highest BCUT2D eigenvalue weighted by Crippen LogP contribution is 2.29. The van der Waals surface area contributed by atoms with Crippen LogP contribution in [0.15, 0.2) is 42.5 Å². The van der Waals surface area contributed by atoms with Crippen molar-refractivity contribution < 1.29 is 9.18 Å². The minimum absolute atomic E-state index is 0.0614. The van der Waals surface area contributed by atoms with Crippen LogP contribution in [0.5, 0.6) is 0 Å². The Balaban J connectivity index is 1.69. The van der Waals surface area contributed by atoms with E-state index in [0.717, 1.165) is 5.69 Å². The molecule has 0 atom stereocenters. The van der Waals surface area contributed by atoms with Crippen molar-refractivity contribution in [2.45, 2.75) is 12.8 Å². The second-order valence-corrected chi connectivity index (χ2v) is 6.34. The zero-order valence-corrected chi connectivity index (χ0v) is 13.8. The van der Waals surface area contributed by atoms with Gasteiger partial charge in [0, 0.05) is 29.6 Å². The average Bonchev–Trinajstić information content (AvgIpc) is 2.62. The third-order valence-corrected chi connectivity index (χ3v) is 4.65. The lowest BCUT2D eigenvalue weighted by Crippen LogP contribution is -2.36. The lowest BCUT2D eigenvalue weighted by Gasteiger charge is -2.33. The van der Waals surface area contributed by atoms with Crippen LogP contribution < -0.4 is 4.90 Å².